The second-order valence-corrected chi connectivity index (χ2v) is 4.22. The standard InChI is InChI=1S/C12H17FN2O2/c1-12(14-2,11(16)17)8-15(3)10-6-4-5-9(13)7-10/h4-7,14H,8H2,1-3H3,(H,16,17). The number of carboxylic acids is 1. The van der Waals surface area contributed by atoms with Crippen LogP contribution in [-0.4, -0.2) is 37.3 Å². The first-order chi connectivity index (χ1) is 7.89. The molecule has 1 aromatic rings. The predicted molar refractivity (Wildman–Crippen MR) is 64.8 cm³/mol. The van der Waals surface area contributed by atoms with Crippen molar-refractivity contribution in [1.82, 2.24) is 5.32 Å². The van der Waals surface area contributed by atoms with Gasteiger partial charge in [-0.1, -0.05) is 6.07 Å². The molecule has 17 heavy (non-hydrogen) atoms. The molecule has 0 heterocycles. The van der Waals surface area contributed by atoms with E-state index in [0.29, 0.717) is 5.69 Å². The van der Waals surface area contributed by atoms with Crippen molar-refractivity contribution >= 4 is 11.7 Å². The van der Waals surface area contributed by atoms with E-state index in [4.69, 9.17) is 5.11 Å². The molecule has 2 N–H and O–H groups in total. The zero-order valence-electron chi connectivity index (χ0n) is 10.2. The summed E-state index contributed by atoms with van der Waals surface area (Å²) in [5, 5.41) is 11.9. The summed E-state index contributed by atoms with van der Waals surface area (Å²) in [6.07, 6.45) is 0. The molecular weight excluding hydrogens is 223 g/mol. The Morgan fingerprint density at radius 2 is 2.24 bits per heavy atom. The van der Waals surface area contributed by atoms with Crippen LogP contribution in [0.5, 0.6) is 0 Å². The van der Waals surface area contributed by atoms with Crippen LogP contribution in [-0.2, 0) is 4.79 Å². The van der Waals surface area contributed by atoms with E-state index < -0.39 is 11.5 Å². The van der Waals surface area contributed by atoms with Gasteiger partial charge in [-0.15, -0.1) is 0 Å². The predicted octanol–water partition coefficient (Wildman–Crippen LogP) is 1.32. The zero-order valence-corrected chi connectivity index (χ0v) is 10.2. The number of carbonyl (C=O) groups is 1. The van der Waals surface area contributed by atoms with Crippen molar-refractivity contribution in [2.24, 2.45) is 0 Å². The summed E-state index contributed by atoms with van der Waals surface area (Å²) in [6.45, 7) is 1.83. The van der Waals surface area contributed by atoms with Gasteiger partial charge in [0.05, 0.1) is 0 Å². The lowest BCUT2D eigenvalue weighted by atomic mass is 10.0. The summed E-state index contributed by atoms with van der Waals surface area (Å²) in [5.74, 6) is -1.28. The molecule has 0 fully saturated rings. The highest BCUT2D eigenvalue weighted by Gasteiger charge is 2.32. The lowest BCUT2D eigenvalue weighted by Gasteiger charge is -2.31. The molecule has 0 aliphatic carbocycles. The minimum atomic E-state index is -1.07. The number of anilines is 1. The van der Waals surface area contributed by atoms with Crippen molar-refractivity contribution in [2.75, 3.05) is 25.5 Å². The van der Waals surface area contributed by atoms with Gasteiger partial charge in [-0.3, -0.25) is 4.79 Å². The maximum absolute atomic E-state index is 13.0. The van der Waals surface area contributed by atoms with Gasteiger partial charge in [0.15, 0.2) is 0 Å². The molecule has 0 aliphatic heterocycles. The molecule has 0 bridgehead atoms. The summed E-state index contributed by atoms with van der Waals surface area (Å²) in [7, 11) is 3.32. The second kappa shape index (κ2) is 5.14. The fourth-order valence-electron chi connectivity index (χ4n) is 1.53. The fraction of sp³-hybridized carbons (Fsp3) is 0.417. The number of hydrogen-bond acceptors (Lipinski definition) is 3. The number of nitrogens with one attached hydrogen (secondary N) is 1. The number of likely N-dealkylation sites (N-methyl/N-ethyl adjacent to an activating group) is 2. The minimum Gasteiger partial charge on any atom is -0.480 e. The van der Waals surface area contributed by atoms with Crippen LogP contribution in [0.1, 0.15) is 6.92 Å². The Morgan fingerprint density at radius 3 is 2.71 bits per heavy atom. The molecule has 1 rings (SSSR count). The normalized spacial score (nSPS) is 14.1. The lowest BCUT2D eigenvalue weighted by Crippen LogP contribution is -2.55. The first-order valence-corrected chi connectivity index (χ1v) is 5.28. The van der Waals surface area contributed by atoms with Gasteiger partial charge in [-0.2, -0.15) is 0 Å². The average molecular weight is 240 g/mol. The number of rotatable bonds is 5. The van der Waals surface area contributed by atoms with E-state index in [9.17, 15) is 9.18 Å². The van der Waals surface area contributed by atoms with Crippen LogP contribution < -0.4 is 10.2 Å². The summed E-state index contributed by atoms with van der Waals surface area (Å²) >= 11 is 0. The monoisotopic (exact) mass is 240 g/mol. The quantitative estimate of drug-likeness (QED) is 0.815. The summed E-state index contributed by atoms with van der Waals surface area (Å²) in [6, 6.07) is 6.06. The van der Waals surface area contributed by atoms with Gasteiger partial charge >= 0.3 is 5.97 Å². The van der Waals surface area contributed by atoms with Gasteiger partial charge in [0.2, 0.25) is 0 Å². The molecule has 1 unspecified atom stereocenters. The van der Waals surface area contributed by atoms with Crippen LogP contribution >= 0.6 is 0 Å². The third kappa shape index (κ3) is 3.17. The van der Waals surface area contributed by atoms with E-state index >= 15 is 0 Å². The Morgan fingerprint density at radius 1 is 1.59 bits per heavy atom. The zero-order chi connectivity index (χ0) is 13.1. The average Bonchev–Trinajstić information content (AvgIpc) is 2.28. The number of aliphatic carboxylic acids is 1. The maximum Gasteiger partial charge on any atom is 0.325 e. The van der Waals surface area contributed by atoms with Crippen molar-refractivity contribution < 1.29 is 14.3 Å². The van der Waals surface area contributed by atoms with Crippen LogP contribution in [0.3, 0.4) is 0 Å². The Labute approximate surface area is 100 Å². The molecule has 0 amide bonds. The van der Waals surface area contributed by atoms with Crippen molar-refractivity contribution in [3.63, 3.8) is 0 Å². The van der Waals surface area contributed by atoms with Crippen molar-refractivity contribution in [1.29, 1.82) is 0 Å². The Bertz CT molecular complexity index is 411. The van der Waals surface area contributed by atoms with Gasteiger partial charge < -0.3 is 15.3 Å². The van der Waals surface area contributed by atoms with Crippen LogP contribution in [0.15, 0.2) is 24.3 Å². The number of benzene rings is 1. The van der Waals surface area contributed by atoms with E-state index in [0.717, 1.165) is 0 Å². The molecule has 0 saturated carbocycles. The summed E-state index contributed by atoms with van der Waals surface area (Å²) in [5.41, 5.74) is -0.422. The summed E-state index contributed by atoms with van der Waals surface area (Å²) < 4.78 is 13.0. The first-order valence-electron chi connectivity index (χ1n) is 5.28. The highest BCUT2D eigenvalue weighted by atomic mass is 19.1. The van der Waals surface area contributed by atoms with Crippen molar-refractivity contribution in [3.8, 4) is 0 Å². The Balaban J connectivity index is 2.85. The maximum atomic E-state index is 13.0. The number of carboxylic acid groups (broad SMARTS) is 1. The molecule has 94 valence electrons. The van der Waals surface area contributed by atoms with E-state index in [1.54, 1.807) is 38.1 Å². The highest BCUT2D eigenvalue weighted by Crippen LogP contribution is 2.16. The Kier molecular flexibility index (Phi) is 4.07. The van der Waals surface area contributed by atoms with E-state index in [-0.39, 0.29) is 12.4 Å². The minimum absolute atomic E-state index is 0.238. The third-order valence-electron chi connectivity index (χ3n) is 2.83. The number of nitrogens with zero attached hydrogens (tertiary/aromatic N) is 1. The van der Waals surface area contributed by atoms with Gasteiger partial charge in [-0.05, 0) is 32.2 Å². The van der Waals surface area contributed by atoms with Gasteiger partial charge in [0.25, 0.3) is 0 Å². The second-order valence-electron chi connectivity index (χ2n) is 4.22. The number of hydrogen-bond donors (Lipinski definition) is 2. The van der Waals surface area contributed by atoms with E-state index in [2.05, 4.69) is 5.32 Å². The molecule has 4 nitrogen and oxygen atoms in total. The SMILES string of the molecule is CNC(C)(CN(C)c1cccc(F)c1)C(=O)O. The molecule has 5 heteroatoms. The molecule has 0 radical (unpaired) electrons. The molecule has 0 aliphatic rings. The van der Waals surface area contributed by atoms with Crippen molar-refractivity contribution in [3.05, 3.63) is 30.1 Å². The Hall–Kier alpha value is -1.62. The van der Waals surface area contributed by atoms with E-state index in [1.165, 1.54) is 12.1 Å². The largest absolute Gasteiger partial charge is 0.480 e. The van der Waals surface area contributed by atoms with Gasteiger partial charge in [-0.25, -0.2) is 4.39 Å². The first kappa shape index (κ1) is 13.4. The van der Waals surface area contributed by atoms with Crippen LogP contribution in [0, 0.1) is 5.82 Å². The van der Waals surface area contributed by atoms with Crippen LogP contribution in [0.4, 0.5) is 10.1 Å². The molecule has 0 saturated heterocycles. The molecule has 1 aromatic carbocycles. The fourth-order valence-corrected chi connectivity index (χ4v) is 1.53. The molecular formula is C12H17FN2O2. The third-order valence-corrected chi connectivity index (χ3v) is 2.83. The van der Waals surface area contributed by atoms with Crippen molar-refractivity contribution in [2.45, 2.75) is 12.5 Å². The van der Waals surface area contributed by atoms with Crippen LogP contribution in [0.25, 0.3) is 0 Å². The topological polar surface area (TPSA) is 52.6 Å². The van der Waals surface area contributed by atoms with Gasteiger partial charge in [0, 0.05) is 19.3 Å². The smallest absolute Gasteiger partial charge is 0.325 e. The highest BCUT2D eigenvalue weighted by molar-refractivity contribution is 5.79. The number of halogens is 1. The molecule has 1 atom stereocenters. The molecule has 0 aromatic heterocycles. The lowest BCUT2D eigenvalue weighted by molar-refractivity contribution is -0.143. The molecule has 0 spiro atoms. The van der Waals surface area contributed by atoms with E-state index in [1.807, 2.05) is 0 Å². The summed E-state index contributed by atoms with van der Waals surface area (Å²) in [4.78, 5) is 12.8. The van der Waals surface area contributed by atoms with Crippen LogP contribution in [0.2, 0.25) is 0 Å². The van der Waals surface area contributed by atoms with Gasteiger partial charge in [0.1, 0.15) is 11.4 Å².